The molecule has 3 heteroatoms. The van der Waals surface area contributed by atoms with Crippen molar-refractivity contribution in [2.24, 2.45) is 51.8 Å². The van der Waals surface area contributed by atoms with E-state index in [0.717, 1.165) is 32.1 Å². The molecule has 5 rings (SSSR count). The van der Waals surface area contributed by atoms with E-state index in [9.17, 15) is 14.7 Å². The minimum absolute atomic E-state index is 0.0538. The number of carbonyl (C=O) groups is 2. The van der Waals surface area contributed by atoms with Gasteiger partial charge in [-0.05, 0) is 91.3 Å². The number of carboxylic acids is 1. The topological polar surface area (TPSA) is 57.2 Å². The standard InChI is InChI=1S/C22H32O3/c1-12(19(24)25)15-4-5-16-14-10-18(23)22-11-13(22)6-9-21(22,3)17(14)7-8-20(15,16)2/h12-17H,4-11H2,1-3H3,(H,24,25)/p-1. The maximum atomic E-state index is 13.2. The molecule has 138 valence electrons. The van der Waals surface area contributed by atoms with Gasteiger partial charge in [0.25, 0.3) is 0 Å². The van der Waals surface area contributed by atoms with Gasteiger partial charge >= 0.3 is 0 Å². The molecule has 0 radical (unpaired) electrons. The molecule has 9 atom stereocenters. The number of fused-ring (bicyclic) bond motifs is 4. The van der Waals surface area contributed by atoms with Gasteiger partial charge in [0.05, 0.1) is 0 Å². The van der Waals surface area contributed by atoms with E-state index in [1.54, 1.807) is 0 Å². The Morgan fingerprint density at radius 3 is 2.56 bits per heavy atom. The van der Waals surface area contributed by atoms with Gasteiger partial charge in [0.15, 0.2) is 0 Å². The number of rotatable bonds is 2. The monoisotopic (exact) mass is 343 g/mol. The molecule has 5 aliphatic rings. The van der Waals surface area contributed by atoms with Crippen molar-refractivity contribution in [3.63, 3.8) is 0 Å². The lowest BCUT2D eigenvalue weighted by Gasteiger charge is -2.58. The molecule has 0 saturated heterocycles. The molecule has 5 saturated carbocycles. The third kappa shape index (κ3) is 1.69. The Balaban J connectivity index is 1.49. The Hall–Kier alpha value is -0.860. The number of aliphatic carboxylic acids is 1. The average molecular weight is 343 g/mol. The SMILES string of the molecule is CC(C(=O)[O-])C1CCC2C3CC(=O)C45CC4CCC5(C)C3CCC12C. The van der Waals surface area contributed by atoms with Crippen molar-refractivity contribution in [1.82, 2.24) is 0 Å². The number of carbonyl (C=O) groups excluding carboxylic acids is 2. The first-order valence-electron chi connectivity index (χ1n) is 10.5. The van der Waals surface area contributed by atoms with Gasteiger partial charge in [0.2, 0.25) is 0 Å². The van der Waals surface area contributed by atoms with Crippen molar-refractivity contribution < 1.29 is 14.7 Å². The first-order valence-corrected chi connectivity index (χ1v) is 10.5. The summed E-state index contributed by atoms with van der Waals surface area (Å²) in [5.41, 5.74) is 0.374. The number of ketones is 1. The fraction of sp³-hybridized carbons (Fsp3) is 0.909. The molecule has 5 aliphatic carbocycles. The summed E-state index contributed by atoms with van der Waals surface area (Å²) < 4.78 is 0. The van der Waals surface area contributed by atoms with Crippen LogP contribution in [0.4, 0.5) is 0 Å². The lowest BCUT2D eigenvalue weighted by Crippen LogP contribution is -2.55. The molecule has 0 aromatic carbocycles. The molecular formula is C22H31O3-. The van der Waals surface area contributed by atoms with Crippen LogP contribution in [0.1, 0.15) is 72.1 Å². The van der Waals surface area contributed by atoms with Crippen molar-refractivity contribution in [3.8, 4) is 0 Å². The average Bonchev–Trinajstić information content (AvgIpc) is 3.09. The van der Waals surface area contributed by atoms with E-state index < -0.39 is 5.97 Å². The molecule has 0 aliphatic heterocycles. The quantitative estimate of drug-likeness (QED) is 0.773. The van der Waals surface area contributed by atoms with Crippen LogP contribution in [0.15, 0.2) is 0 Å². The molecule has 0 N–H and O–H groups in total. The van der Waals surface area contributed by atoms with Gasteiger partial charge in [-0.1, -0.05) is 20.8 Å². The fourth-order valence-corrected chi connectivity index (χ4v) is 9.04. The Morgan fingerprint density at radius 1 is 1.12 bits per heavy atom. The van der Waals surface area contributed by atoms with E-state index in [0.29, 0.717) is 29.5 Å². The highest BCUT2D eigenvalue weighted by Gasteiger charge is 2.77. The lowest BCUT2D eigenvalue weighted by atomic mass is 9.45. The lowest BCUT2D eigenvalue weighted by molar-refractivity contribution is -0.314. The Labute approximate surface area is 150 Å². The van der Waals surface area contributed by atoms with E-state index in [1.165, 1.54) is 19.3 Å². The molecular weight excluding hydrogens is 312 g/mol. The van der Waals surface area contributed by atoms with Gasteiger partial charge in [-0.15, -0.1) is 0 Å². The largest absolute Gasteiger partial charge is 0.550 e. The van der Waals surface area contributed by atoms with Crippen LogP contribution < -0.4 is 5.11 Å². The number of Topliss-reactive ketones (excluding diaryl/α,β-unsaturated/α-hetero) is 1. The van der Waals surface area contributed by atoms with Crippen molar-refractivity contribution in [1.29, 1.82) is 0 Å². The summed E-state index contributed by atoms with van der Waals surface area (Å²) in [6.07, 6.45) is 8.90. The summed E-state index contributed by atoms with van der Waals surface area (Å²) in [7, 11) is 0. The molecule has 0 bridgehead atoms. The zero-order valence-electron chi connectivity index (χ0n) is 15.8. The predicted molar refractivity (Wildman–Crippen MR) is 92.2 cm³/mol. The maximum absolute atomic E-state index is 13.2. The van der Waals surface area contributed by atoms with Gasteiger partial charge in [0.1, 0.15) is 5.78 Å². The molecule has 0 amide bonds. The Kier molecular flexibility index (Phi) is 3.07. The van der Waals surface area contributed by atoms with Crippen LogP contribution in [-0.4, -0.2) is 11.8 Å². The van der Waals surface area contributed by atoms with Crippen LogP contribution in [-0.2, 0) is 9.59 Å². The van der Waals surface area contributed by atoms with Crippen molar-refractivity contribution >= 4 is 11.8 Å². The third-order valence-electron chi connectivity index (χ3n) is 10.4. The van der Waals surface area contributed by atoms with Crippen LogP contribution in [0.2, 0.25) is 0 Å². The highest BCUT2D eigenvalue weighted by molar-refractivity contribution is 5.91. The maximum Gasteiger partial charge on any atom is 0.140 e. The smallest absolute Gasteiger partial charge is 0.140 e. The number of carboxylic acid groups (broad SMARTS) is 1. The van der Waals surface area contributed by atoms with Crippen LogP contribution in [0.25, 0.3) is 0 Å². The van der Waals surface area contributed by atoms with E-state index >= 15 is 0 Å². The summed E-state index contributed by atoms with van der Waals surface area (Å²) >= 11 is 0. The van der Waals surface area contributed by atoms with Gasteiger partial charge < -0.3 is 9.90 Å². The molecule has 0 aromatic rings. The molecule has 0 aromatic heterocycles. The van der Waals surface area contributed by atoms with Crippen LogP contribution in [0, 0.1) is 51.8 Å². The molecule has 5 fully saturated rings. The van der Waals surface area contributed by atoms with Gasteiger partial charge in [-0.3, -0.25) is 4.79 Å². The summed E-state index contributed by atoms with van der Waals surface area (Å²) in [4.78, 5) is 24.7. The highest BCUT2D eigenvalue weighted by atomic mass is 16.4. The first kappa shape index (κ1) is 16.3. The van der Waals surface area contributed by atoms with E-state index in [-0.39, 0.29) is 28.1 Å². The zero-order chi connectivity index (χ0) is 17.8. The highest BCUT2D eigenvalue weighted by Crippen LogP contribution is 2.80. The minimum Gasteiger partial charge on any atom is -0.550 e. The minimum atomic E-state index is -0.892. The van der Waals surface area contributed by atoms with Crippen LogP contribution in [0.5, 0.6) is 0 Å². The second-order valence-corrected chi connectivity index (χ2v) is 10.7. The Morgan fingerprint density at radius 2 is 1.88 bits per heavy atom. The van der Waals surface area contributed by atoms with Gasteiger partial charge in [-0.25, -0.2) is 0 Å². The van der Waals surface area contributed by atoms with Crippen LogP contribution >= 0.6 is 0 Å². The number of hydrogen-bond acceptors (Lipinski definition) is 3. The molecule has 9 unspecified atom stereocenters. The van der Waals surface area contributed by atoms with Crippen molar-refractivity contribution in [2.45, 2.75) is 72.1 Å². The van der Waals surface area contributed by atoms with E-state index in [1.807, 2.05) is 6.92 Å². The van der Waals surface area contributed by atoms with E-state index in [2.05, 4.69) is 13.8 Å². The molecule has 0 heterocycles. The zero-order valence-corrected chi connectivity index (χ0v) is 15.8. The molecule has 1 spiro atoms. The fourth-order valence-electron chi connectivity index (χ4n) is 9.04. The summed E-state index contributed by atoms with van der Waals surface area (Å²) in [5.74, 6) is 1.94. The summed E-state index contributed by atoms with van der Waals surface area (Å²) in [6, 6.07) is 0. The summed E-state index contributed by atoms with van der Waals surface area (Å²) in [6.45, 7) is 6.61. The second-order valence-electron chi connectivity index (χ2n) is 10.7. The van der Waals surface area contributed by atoms with Gasteiger partial charge in [-0.2, -0.15) is 0 Å². The molecule has 3 nitrogen and oxygen atoms in total. The number of hydrogen-bond donors (Lipinski definition) is 0. The summed E-state index contributed by atoms with van der Waals surface area (Å²) in [5, 5.41) is 11.5. The van der Waals surface area contributed by atoms with E-state index in [4.69, 9.17) is 0 Å². The third-order valence-corrected chi connectivity index (χ3v) is 10.4. The van der Waals surface area contributed by atoms with Crippen molar-refractivity contribution in [2.75, 3.05) is 0 Å². The second kappa shape index (κ2) is 4.70. The molecule has 25 heavy (non-hydrogen) atoms. The predicted octanol–water partition coefficient (Wildman–Crippen LogP) is 3.21. The Bertz CT molecular complexity index is 656. The van der Waals surface area contributed by atoms with Crippen molar-refractivity contribution in [3.05, 3.63) is 0 Å². The normalized spacial score (nSPS) is 57.2. The van der Waals surface area contributed by atoms with Crippen LogP contribution in [0.3, 0.4) is 0 Å². The van der Waals surface area contributed by atoms with Gasteiger partial charge in [0, 0.05) is 17.8 Å². The first-order chi connectivity index (χ1) is 11.8.